The fourth-order valence-electron chi connectivity index (χ4n) is 3.63. The van der Waals surface area contributed by atoms with Gasteiger partial charge in [-0.05, 0) is 30.3 Å². The highest BCUT2D eigenvalue weighted by Gasteiger charge is 2.17. The normalized spacial score (nSPS) is 13.0. The lowest BCUT2D eigenvalue weighted by Crippen LogP contribution is -2.15. The summed E-state index contributed by atoms with van der Waals surface area (Å²) in [5.74, 6) is 0.789. The van der Waals surface area contributed by atoms with Gasteiger partial charge >= 0.3 is 0 Å². The van der Waals surface area contributed by atoms with Crippen molar-refractivity contribution in [1.29, 1.82) is 0 Å². The largest absolute Gasteiger partial charge is 0.467 e. The maximum absolute atomic E-state index is 12.7. The summed E-state index contributed by atoms with van der Waals surface area (Å²) in [6.45, 7) is 1.16. The van der Waals surface area contributed by atoms with Gasteiger partial charge in [-0.2, -0.15) is 0 Å². The van der Waals surface area contributed by atoms with Gasteiger partial charge in [0.05, 0.1) is 17.6 Å². The highest BCUT2D eigenvalue weighted by molar-refractivity contribution is 6.30. The van der Waals surface area contributed by atoms with Gasteiger partial charge in [0.2, 0.25) is 0 Å². The molecule has 0 radical (unpaired) electrons. The van der Waals surface area contributed by atoms with E-state index in [1.54, 1.807) is 0 Å². The lowest BCUT2D eigenvalue weighted by atomic mass is 10.1. The van der Waals surface area contributed by atoms with Crippen LogP contribution in [0.5, 0.6) is 5.75 Å². The van der Waals surface area contributed by atoms with Gasteiger partial charge < -0.3 is 19.8 Å². The Hall–Kier alpha value is -3.35. The Bertz CT molecular complexity index is 1300. The maximum atomic E-state index is 12.7. The molecule has 0 bridgehead atoms. The van der Waals surface area contributed by atoms with E-state index >= 15 is 0 Å². The second-order valence-corrected chi connectivity index (χ2v) is 7.43. The van der Waals surface area contributed by atoms with Crippen molar-refractivity contribution in [2.45, 2.75) is 13.2 Å². The first-order chi connectivity index (χ1) is 14.7. The first-order valence-electron chi connectivity index (χ1n) is 9.53. The number of anilines is 1. The van der Waals surface area contributed by atoms with Crippen molar-refractivity contribution in [1.82, 2.24) is 9.97 Å². The van der Waals surface area contributed by atoms with Crippen molar-refractivity contribution in [2.75, 3.05) is 12.1 Å². The first-order valence-corrected chi connectivity index (χ1v) is 9.91. The van der Waals surface area contributed by atoms with Gasteiger partial charge in [0, 0.05) is 33.9 Å². The Morgan fingerprint density at radius 3 is 2.87 bits per heavy atom. The molecule has 1 aliphatic heterocycles. The number of rotatable bonds is 4. The van der Waals surface area contributed by atoms with Crippen molar-refractivity contribution in [3.63, 3.8) is 0 Å². The van der Waals surface area contributed by atoms with E-state index in [1.165, 1.54) is 0 Å². The number of ether oxygens (including phenoxy) is 2. The fourth-order valence-corrected chi connectivity index (χ4v) is 3.90. The van der Waals surface area contributed by atoms with Crippen LogP contribution in [0, 0.1) is 0 Å². The molecule has 0 saturated heterocycles. The number of hydrogen-bond acceptors (Lipinski definition) is 5. The molecular formula is C23H18ClN3O3. The van der Waals surface area contributed by atoms with Crippen LogP contribution in [0.2, 0.25) is 5.02 Å². The van der Waals surface area contributed by atoms with Gasteiger partial charge in [-0.15, -0.1) is 0 Å². The molecule has 5 rings (SSSR count). The molecule has 7 heteroatoms. The molecule has 0 saturated carbocycles. The van der Waals surface area contributed by atoms with Crippen LogP contribution in [-0.4, -0.2) is 16.8 Å². The Balaban J connectivity index is 1.51. The molecule has 1 aromatic heterocycles. The van der Waals surface area contributed by atoms with Crippen molar-refractivity contribution < 1.29 is 9.47 Å². The summed E-state index contributed by atoms with van der Waals surface area (Å²) in [5.41, 5.74) is 4.96. The van der Waals surface area contributed by atoms with Crippen LogP contribution in [-0.2, 0) is 17.9 Å². The van der Waals surface area contributed by atoms with Crippen molar-refractivity contribution in [3.8, 4) is 17.0 Å². The monoisotopic (exact) mass is 419 g/mol. The number of hydrogen-bond donors (Lipinski definition) is 2. The van der Waals surface area contributed by atoms with E-state index in [0.29, 0.717) is 29.4 Å². The number of H-pyrrole nitrogens is 1. The Morgan fingerprint density at radius 2 is 1.93 bits per heavy atom. The second kappa shape index (κ2) is 7.82. The standard InChI is InChI=1S/C23H18ClN3O3/c24-16-9-14(22-15(10-16)12-29-13-30-22)11-25-18-6-2-1-5-17(18)21-23(28)27-20-8-4-3-7-19(20)26-21/h1-10,25H,11-13H2,(H,27,28). The van der Waals surface area contributed by atoms with Gasteiger partial charge in [-0.3, -0.25) is 4.79 Å². The minimum absolute atomic E-state index is 0.217. The average Bonchev–Trinajstić information content (AvgIpc) is 2.77. The molecule has 0 spiro atoms. The Morgan fingerprint density at radius 1 is 1.10 bits per heavy atom. The summed E-state index contributed by atoms with van der Waals surface area (Å²) in [7, 11) is 0. The Labute approximate surface area is 177 Å². The van der Waals surface area contributed by atoms with E-state index in [4.69, 9.17) is 21.1 Å². The molecule has 1 aliphatic rings. The minimum atomic E-state index is -0.233. The third-order valence-electron chi connectivity index (χ3n) is 5.00. The molecule has 0 fully saturated rings. The molecule has 30 heavy (non-hydrogen) atoms. The van der Waals surface area contributed by atoms with Crippen molar-refractivity contribution in [2.24, 2.45) is 0 Å². The smallest absolute Gasteiger partial charge is 0.275 e. The third-order valence-corrected chi connectivity index (χ3v) is 5.22. The zero-order chi connectivity index (χ0) is 20.5. The summed E-state index contributed by atoms with van der Waals surface area (Å²) in [6, 6.07) is 18.8. The third kappa shape index (κ3) is 3.51. The van der Waals surface area contributed by atoms with Crippen LogP contribution in [0.1, 0.15) is 11.1 Å². The number of benzene rings is 3. The van der Waals surface area contributed by atoms with Crippen LogP contribution in [0.3, 0.4) is 0 Å². The summed E-state index contributed by atoms with van der Waals surface area (Å²) >= 11 is 6.27. The molecular weight excluding hydrogens is 402 g/mol. The maximum Gasteiger partial charge on any atom is 0.275 e. The van der Waals surface area contributed by atoms with Crippen molar-refractivity contribution in [3.05, 3.63) is 87.2 Å². The molecule has 6 nitrogen and oxygen atoms in total. The SMILES string of the molecule is O=c1[nH]c2ccccc2nc1-c1ccccc1NCc1cc(Cl)cc2c1OCOC2. The lowest BCUT2D eigenvalue weighted by molar-refractivity contribution is -0.0169. The first kappa shape index (κ1) is 18.7. The molecule has 150 valence electrons. The quantitative estimate of drug-likeness (QED) is 0.500. The van der Waals surface area contributed by atoms with Crippen molar-refractivity contribution >= 4 is 28.3 Å². The molecule has 3 aromatic carbocycles. The zero-order valence-corrected chi connectivity index (χ0v) is 16.7. The van der Waals surface area contributed by atoms with Crippen LogP contribution >= 0.6 is 11.6 Å². The van der Waals surface area contributed by atoms with Crippen LogP contribution in [0.15, 0.2) is 65.5 Å². The molecule has 0 aliphatic carbocycles. The summed E-state index contributed by atoms with van der Waals surface area (Å²) in [6.07, 6.45) is 0. The molecule has 2 N–H and O–H groups in total. The van der Waals surface area contributed by atoms with E-state index < -0.39 is 0 Å². The number of para-hydroxylation sites is 3. The predicted molar refractivity (Wildman–Crippen MR) is 117 cm³/mol. The van der Waals surface area contributed by atoms with Crippen LogP contribution in [0.25, 0.3) is 22.3 Å². The number of aromatic amines is 1. The summed E-state index contributed by atoms with van der Waals surface area (Å²) in [5, 5.41) is 4.03. The van der Waals surface area contributed by atoms with Gasteiger partial charge in [-0.1, -0.05) is 41.9 Å². The molecule has 0 atom stereocenters. The predicted octanol–water partition coefficient (Wildman–Crippen LogP) is 4.72. The minimum Gasteiger partial charge on any atom is -0.467 e. The lowest BCUT2D eigenvalue weighted by Gasteiger charge is -2.22. The topological polar surface area (TPSA) is 76.2 Å². The van der Waals surface area contributed by atoms with E-state index in [0.717, 1.165) is 33.6 Å². The van der Waals surface area contributed by atoms with Crippen LogP contribution < -0.4 is 15.6 Å². The van der Waals surface area contributed by atoms with E-state index in [1.807, 2.05) is 60.7 Å². The zero-order valence-electron chi connectivity index (χ0n) is 15.9. The van der Waals surface area contributed by atoms with Gasteiger partial charge in [0.1, 0.15) is 11.4 Å². The van der Waals surface area contributed by atoms with Gasteiger partial charge in [-0.25, -0.2) is 4.98 Å². The van der Waals surface area contributed by atoms with E-state index in [-0.39, 0.29) is 12.4 Å². The van der Waals surface area contributed by atoms with Gasteiger partial charge in [0.15, 0.2) is 6.79 Å². The molecule has 2 heterocycles. The Kier molecular flexibility index (Phi) is 4.86. The average molecular weight is 420 g/mol. The molecule has 0 unspecified atom stereocenters. The van der Waals surface area contributed by atoms with Gasteiger partial charge in [0.25, 0.3) is 5.56 Å². The highest BCUT2D eigenvalue weighted by Crippen LogP contribution is 2.33. The van der Waals surface area contributed by atoms with E-state index in [9.17, 15) is 4.79 Å². The molecule has 4 aromatic rings. The number of nitrogens with zero attached hydrogens (tertiary/aromatic N) is 1. The number of nitrogens with one attached hydrogen (secondary N) is 2. The van der Waals surface area contributed by atoms with E-state index in [2.05, 4.69) is 15.3 Å². The number of fused-ring (bicyclic) bond motifs is 2. The number of aromatic nitrogens is 2. The fraction of sp³-hybridized carbons (Fsp3) is 0.130. The summed E-state index contributed by atoms with van der Waals surface area (Å²) < 4.78 is 11.0. The second-order valence-electron chi connectivity index (χ2n) is 6.99. The summed E-state index contributed by atoms with van der Waals surface area (Å²) in [4.78, 5) is 20.2. The number of halogens is 1. The molecule has 0 amide bonds. The van der Waals surface area contributed by atoms with Crippen LogP contribution in [0.4, 0.5) is 5.69 Å². The highest BCUT2D eigenvalue weighted by atomic mass is 35.5.